The maximum atomic E-state index is 12.6. The molecule has 0 aliphatic heterocycles. The molecule has 0 saturated heterocycles. The number of hydrogen-bond acceptors (Lipinski definition) is 4. The van der Waals surface area contributed by atoms with Crippen molar-refractivity contribution in [3.8, 4) is 11.4 Å². The summed E-state index contributed by atoms with van der Waals surface area (Å²) < 4.78 is 5.46. The predicted molar refractivity (Wildman–Crippen MR) is 101 cm³/mol. The lowest BCUT2D eigenvalue weighted by Gasteiger charge is -2.18. The smallest absolute Gasteiger partial charge is 0.251 e. The molecule has 5 nitrogen and oxygen atoms in total. The minimum absolute atomic E-state index is 0.107. The minimum atomic E-state index is -0.352. The van der Waals surface area contributed by atoms with Crippen LogP contribution in [-0.2, 0) is 0 Å². The van der Waals surface area contributed by atoms with Gasteiger partial charge in [0.25, 0.3) is 5.91 Å². The largest absolute Gasteiger partial charge is 0.340 e. The molecule has 5 heteroatoms. The van der Waals surface area contributed by atoms with Crippen molar-refractivity contribution in [2.45, 2.75) is 33.7 Å². The maximum absolute atomic E-state index is 12.6. The van der Waals surface area contributed by atoms with E-state index in [1.807, 2.05) is 76.2 Å². The Morgan fingerprint density at radius 1 is 1.04 bits per heavy atom. The van der Waals surface area contributed by atoms with Crippen LogP contribution in [0.5, 0.6) is 0 Å². The molecule has 0 bridgehead atoms. The molecule has 3 rings (SSSR count). The van der Waals surface area contributed by atoms with Gasteiger partial charge in [0.15, 0.2) is 0 Å². The third-order valence-electron chi connectivity index (χ3n) is 4.25. The lowest BCUT2D eigenvalue weighted by atomic mass is 10.0. The predicted octanol–water partition coefficient (Wildman–Crippen LogP) is 4.48. The van der Waals surface area contributed by atoms with Gasteiger partial charge in [-0.05, 0) is 38.0 Å². The number of rotatable bonds is 5. The van der Waals surface area contributed by atoms with Gasteiger partial charge in [-0.25, -0.2) is 0 Å². The standard InChI is InChI=1S/C21H23N3O2/c1-13(2)18(22-20(25)16-10-8-14(3)9-11-16)21-23-19(24-26-21)17-7-5-6-15(4)12-17/h5-13,18H,1-4H3,(H,22,25)/t18-/m0/s1. The van der Waals surface area contributed by atoms with E-state index in [2.05, 4.69) is 15.5 Å². The van der Waals surface area contributed by atoms with E-state index in [0.717, 1.165) is 16.7 Å². The Balaban J connectivity index is 1.82. The zero-order chi connectivity index (χ0) is 18.7. The van der Waals surface area contributed by atoms with Crippen molar-refractivity contribution < 1.29 is 9.32 Å². The molecule has 134 valence electrons. The number of amides is 1. The number of carbonyl (C=O) groups excluding carboxylic acids is 1. The van der Waals surface area contributed by atoms with Crippen molar-refractivity contribution in [1.29, 1.82) is 0 Å². The van der Waals surface area contributed by atoms with E-state index in [4.69, 9.17) is 4.52 Å². The summed E-state index contributed by atoms with van der Waals surface area (Å²) in [6, 6.07) is 15.0. The van der Waals surface area contributed by atoms with Gasteiger partial charge in [0.2, 0.25) is 11.7 Å². The maximum Gasteiger partial charge on any atom is 0.251 e. The Labute approximate surface area is 153 Å². The van der Waals surface area contributed by atoms with Gasteiger partial charge in [-0.1, -0.05) is 60.5 Å². The van der Waals surface area contributed by atoms with Gasteiger partial charge < -0.3 is 9.84 Å². The zero-order valence-electron chi connectivity index (χ0n) is 15.5. The molecule has 0 unspecified atom stereocenters. The fourth-order valence-electron chi connectivity index (χ4n) is 2.71. The number of nitrogens with one attached hydrogen (secondary N) is 1. The summed E-state index contributed by atoms with van der Waals surface area (Å²) in [4.78, 5) is 17.1. The first kappa shape index (κ1) is 17.9. The molecule has 1 atom stereocenters. The number of aromatic nitrogens is 2. The fourth-order valence-corrected chi connectivity index (χ4v) is 2.71. The number of nitrogens with zero attached hydrogens (tertiary/aromatic N) is 2. The minimum Gasteiger partial charge on any atom is -0.340 e. The summed E-state index contributed by atoms with van der Waals surface area (Å²) >= 11 is 0. The summed E-state index contributed by atoms with van der Waals surface area (Å²) in [5, 5.41) is 7.09. The molecule has 1 aromatic heterocycles. The SMILES string of the molecule is Cc1ccc(C(=O)N[C@H](c2nc(-c3cccc(C)c3)no2)C(C)C)cc1. The topological polar surface area (TPSA) is 68.0 Å². The van der Waals surface area contributed by atoms with Crippen molar-refractivity contribution in [3.63, 3.8) is 0 Å². The van der Waals surface area contributed by atoms with Gasteiger partial charge in [-0.2, -0.15) is 4.98 Å². The van der Waals surface area contributed by atoms with E-state index >= 15 is 0 Å². The first-order valence-corrected chi connectivity index (χ1v) is 8.72. The summed E-state index contributed by atoms with van der Waals surface area (Å²) in [7, 11) is 0. The molecular formula is C21H23N3O2. The van der Waals surface area contributed by atoms with Gasteiger partial charge in [0, 0.05) is 11.1 Å². The quantitative estimate of drug-likeness (QED) is 0.737. The Kier molecular flexibility index (Phi) is 5.16. The lowest BCUT2D eigenvalue weighted by molar-refractivity contribution is 0.0914. The van der Waals surface area contributed by atoms with E-state index in [9.17, 15) is 4.79 Å². The summed E-state index contributed by atoms with van der Waals surface area (Å²) in [5.41, 5.74) is 3.75. The van der Waals surface area contributed by atoms with Crippen molar-refractivity contribution >= 4 is 5.91 Å². The Morgan fingerprint density at radius 3 is 2.42 bits per heavy atom. The average molecular weight is 349 g/mol. The highest BCUT2D eigenvalue weighted by atomic mass is 16.5. The molecule has 0 spiro atoms. The molecule has 0 aliphatic carbocycles. The van der Waals surface area contributed by atoms with Gasteiger partial charge in [0.1, 0.15) is 6.04 Å². The van der Waals surface area contributed by atoms with Gasteiger partial charge in [0.05, 0.1) is 0 Å². The van der Waals surface area contributed by atoms with Crippen LogP contribution in [0.15, 0.2) is 53.1 Å². The average Bonchev–Trinajstić information content (AvgIpc) is 3.09. The molecule has 0 radical (unpaired) electrons. The summed E-state index contributed by atoms with van der Waals surface area (Å²) in [5.74, 6) is 0.894. The van der Waals surface area contributed by atoms with Crippen LogP contribution in [0.1, 0.15) is 47.3 Å². The summed E-state index contributed by atoms with van der Waals surface area (Å²) in [6.45, 7) is 8.03. The monoisotopic (exact) mass is 349 g/mol. The summed E-state index contributed by atoms with van der Waals surface area (Å²) in [6.07, 6.45) is 0. The normalized spacial score (nSPS) is 12.2. The molecule has 26 heavy (non-hydrogen) atoms. The van der Waals surface area contributed by atoms with Crippen LogP contribution in [0.2, 0.25) is 0 Å². The molecule has 2 aromatic carbocycles. The Bertz CT molecular complexity index is 898. The van der Waals surface area contributed by atoms with E-state index in [1.54, 1.807) is 0 Å². The van der Waals surface area contributed by atoms with Crippen LogP contribution in [0, 0.1) is 19.8 Å². The highest BCUT2D eigenvalue weighted by molar-refractivity contribution is 5.94. The first-order chi connectivity index (χ1) is 12.4. The van der Waals surface area contributed by atoms with Crippen LogP contribution >= 0.6 is 0 Å². The molecule has 1 N–H and O–H groups in total. The van der Waals surface area contributed by atoms with Crippen LogP contribution in [0.25, 0.3) is 11.4 Å². The molecule has 1 heterocycles. The van der Waals surface area contributed by atoms with Crippen molar-refractivity contribution in [2.75, 3.05) is 0 Å². The third-order valence-corrected chi connectivity index (χ3v) is 4.25. The van der Waals surface area contributed by atoms with Gasteiger partial charge in [-0.3, -0.25) is 4.79 Å². The zero-order valence-corrected chi connectivity index (χ0v) is 15.5. The third kappa shape index (κ3) is 3.99. The number of benzene rings is 2. The molecule has 0 aliphatic rings. The van der Waals surface area contributed by atoms with E-state index in [-0.39, 0.29) is 17.9 Å². The fraction of sp³-hybridized carbons (Fsp3) is 0.286. The van der Waals surface area contributed by atoms with Crippen LogP contribution in [-0.4, -0.2) is 16.0 Å². The van der Waals surface area contributed by atoms with Crippen LogP contribution in [0.4, 0.5) is 0 Å². The molecule has 3 aromatic rings. The highest BCUT2D eigenvalue weighted by Gasteiger charge is 2.25. The molecule has 1 amide bonds. The van der Waals surface area contributed by atoms with Crippen LogP contribution < -0.4 is 5.32 Å². The van der Waals surface area contributed by atoms with Crippen LogP contribution in [0.3, 0.4) is 0 Å². The van der Waals surface area contributed by atoms with Gasteiger partial charge >= 0.3 is 0 Å². The molecule has 0 saturated carbocycles. The van der Waals surface area contributed by atoms with Crippen molar-refractivity contribution in [1.82, 2.24) is 15.5 Å². The first-order valence-electron chi connectivity index (χ1n) is 8.72. The second kappa shape index (κ2) is 7.52. The Hall–Kier alpha value is -2.95. The van der Waals surface area contributed by atoms with E-state index < -0.39 is 0 Å². The second-order valence-corrected chi connectivity index (χ2v) is 6.89. The van der Waals surface area contributed by atoms with Gasteiger partial charge in [-0.15, -0.1) is 0 Å². The van der Waals surface area contributed by atoms with E-state index in [1.165, 1.54) is 0 Å². The molecule has 0 fully saturated rings. The number of hydrogen-bond donors (Lipinski definition) is 1. The Morgan fingerprint density at radius 2 is 1.77 bits per heavy atom. The number of aryl methyl sites for hydroxylation is 2. The van der Waals surface area contributed by atoms with E-state index in [0.29, 0.717) is 17.3 Å². The molecular weight excluding hydrogens is 326 g/mol. The number of carbonyl (C=O) groups is 1. The second-order valence-electron chi connectivity index (χ2n) is 6.89. The lowest BCUT2D eigenvalue weighted by Crippen LogP contribution is -2.32. The van der Waals surface area contributed by atoms with Crippen molar-refractivity contribution in [2.24, 2.45) is 5.92 Å². The van der Waals surface area contributed by atoms with Crippen molar-refractivity contribution in [3.05, 3.63) is 71.1 Å². The highest BCUT2D eigenvalue weighted by Crippen LogP contribution is 2.24.